The lowest BCUT2D eigenvalue weighted by Crippen LogP contribution is -2.40. The maximum absolute atomic E-state index is 11.3. The fraction of sp³-hybridized carbons (Fsp3) is 0.280. The molecule has 0 unspecified atom stereocenters. The summed E-state index contributed by atoms with van der Waals surface area (Å²) in [5.74, 6) is 0. The summed E-state index contributed by atoms with van der Waals surface area (Å²) in [4.78, 5) is 0. The van der Waals surface area contributed by atoms with Crippen LogP contribution in [0.5, 0.6) is 0 Å². The molecule has 1 aromatic heterocycles. The third-order valence-electron chi connectivity index (χ3n) is 6.02. The fourth-order valence-corrected chi connectivity index (χ4v) is 4.67. The fourth-order valence-electron chi connectivity index (χ4n) is 4.67. The average Bonchev–Trinajstić information content (AvgIpc) is 3.08. The maximum Gasteiger partial charge on any atom is 0.101 e. The highest BCUT2D eigenvalue weighted by atomic mass is 16.5. The van der Waals surface area contributed by atoms with Crippen LogP contribution in [0.4, 0.5) is 0 Å². The van der Waals surface area contributed by atoms with Crippen molar-refractivity contribution in [3.8, 4) is 0 Å². The molecule has 0 aliphatic heterocycles. The van der Waals surface area contributed by atoms with Crippen LogP contribution in [0.25, 0.3) is 21.8 Å². The van der Waals surface area contributed by atoms with E-state index in [0.717, 1.165) is 24.8 Å². The summed E-state index contributed by atoms with van der Waals surface area (Å²) in [7, 11) is 0. The number of benzene rings is 3. The maximum atomic E-state index is 11.3. The lowest BCUT2D eigenvalue weighted by Gasteiger charge is -2.36. The Kier molecular flexibility index (Phi) is 4.63. The normalized spacial score (nSPS) is 22.7. The molecule has 1 saturated carbocycles. The molecule has 3 atom stereocenters. The van der Waals surface area contributed by atoms with E-state index in [9.17, 15) is 5.11 Å². The molecule has 0 bridgehead atoms. The van der Waals surface area contributed by atoms with Gasteiger partial charge < -0.3 is 14.4 Å². The molecule has 0 spiro atoms. The van der Waals surface area contributed by atoms with Gasteiger partial charge in [0.1, 0.15) is 6.10 Å². The predicted octanol–water partition coefficient (Wildman–Crippen LogP) is 5.47. The zero-order valence-corrected chi connectivity index (χ0v) is 15.9. The number of hydrogen-bond donors (Lipinski definition) is 1. The Morgan fingerprint density at radius 1 is 0.786 bits per heavy atom. The van der Waals surface area contributed by atoms with Gasteiger partial charge in [0.25, 0.3) is 0 Å². The van der Waals surface area contributed by atoms with Gasteiger partial charge in [0.2, 0.25) is 0 Å². The molecule has 0 amide bonds. The summed E-state index contributed by atoms with van der Waals surface area (Å²) in [6, 6.07) is 27.2. The average molecular weight is 371 g/mol. The zero-order valence-electron chi connectivity index (χ0n) is 15.9. The van der Waals surface area contributed by atoms with E-state index < -0.39 is 6.10 Å². The topological polar surface area (TPSA) is 34.4 Å². The van der Waals surface area contributed by atoms with Crippen molar-refractivity contribution in [3.63, 3.8) is 0 Å². The van der Waals surface area contributed by atoms with Crippen LogP contribution < -0.4 is 0 Å². The molecule has 3 aromatic carbocycles. The van der Waals surface area contributed by atoms with Crippen LogP contribution in [0.2, 0.25) is 0 Å². The predicted molar refractivity (Wildman–Crippen MR) is 113 cm³/mol. The largest absolute Gasteiger partial charge is 0.388 e. The van der Waals surface area contributed by atoms with Crippen LogP contribution in [-0.2, 0) is 11.3 Å². The molecule has 3 nitrogen and oxygen atoms in total. The van der Waals surface area contributed by atoms with E-state index in [4.69, 9.17) is 4.74 Å². The molecule has 3 heteroatoms. The molecule has 28 heavy (non-hydrogen) atoms. The molecule has 1 heterocycles. The number of rotatable bonds is 4. The Morgan fingerprint density at radius 3 is 2.07 bits per heavy atom. The lowest BCUT2D eigenvalue weighted by atomic mass is 9.89. The van der Waals surface area contributed by atoms with E-state index in [-0.39, 0.29) is 12.1 Å². The van der Waals surface area contributed by atoms with Gasteiger partial charge in [-0.1, -0.05) is 66.7 Å². The third-order valence-corrected chi connectivity index (χ3v) is 6.02. The van der Waals surface area contributed by atoms with Crippen LogP contribution in [0.15, 0.2) is 78.9 Å². The first-order valence-corrected chi connectivity index (χ1v) is 10.1. The number of ether oxygens (including phenoxy) is 1. The van der Waals surface area contributed by atoms with Gasteiger partial charge in [0.05, 0.1) is 18.8 Å². The number of aliphatic hydroxyl groups excluding tert-OH is 1. The van der Waals surface area contributed by atoms with Gasteiger partial charge in [-0.2, -0.15) is 0 Å². The quantitative estimate of drug-likeness (QED) is 0.516. The van der Waals surface area contributed by atoms with Crippen molar-refractivity contribution in [3.05, 3.63) is 84.4 Å². The SMILES string of the molecule is O[C@@H]1[C@H](n2c3ccccc3c3ccccc32)CCC[C@H]1OCc1ccccc1. The van der Waals surface area contributed by atoms with Crippen molar-refractivity contribution in [1.29, 1.82) is 0 Å². The Hall–Kier alpha value is -2.62. The number of fused-ring (bicyclic) bond motifs is 3. The van der Waals surface area contributed by atoms with Gasteiger partial charge in [-0.05, 0) is 37.0 Å². The second kappa shape index (κ2) is 7.42. The Balaban J connectivity index is 1.48. The van der Waals surface area contributed by atoms with E-state index in [2.05, 4.69) is 65.2 Å². The molecule has 1 aliphatic rings. The number of para-hydroxylation sites is 2. The number of aliphatic hydroxyl groups is 1. The van der Waals surface area contributed by atoms with E-state index in [1.165, 1.54) is 21.8 Å². The summed E-state index contributed by atoms with van der Waals surface area (Å²) < 4.78 is 8.51. The highest BCUT2D eigenvalue weighted by Gasteiger charge is 2.35. The van der Waals surface area contributed by atoms with Crippen LogP contribution in [0.3, 0.4) is 0 Å². The van der Waals surface area contributed by atoms with Crippen LogP contribution in [-0.4, -0.2) is 21.9 Å². The summed E-state index contributed by atoms with van der Waals surface area (Å²) in [6.45, 7) is 0.544. The highest BCUT2D eigenvalue weighted by Crippen LogP contribution is 2.38. The Morgan fingerprint density at radius 2 is 1.39 bits per heavy atom. The molecule has 142 valence electrons. The minimum absolute atomic E-state index is 0.0272. The molecule has 5 rings (SSSR count). The van der Waals surface area contributed by atoms with E-state index in [1.807, 2.05) is 18.2 Å². The first kappa shape index (κ1) is 17.5. The van der Waals surface area contributed by atoms with Crippen molar-refractivity contribution in [2.75, 3.05) is 0 Å². The lowest BCUT2D eigenvalue weighted by molar-refractivity contribution is -0.0858. The molecule has 1 fully saturated rings. The number of nitrogens with zero attached hydrogens (tertiary/aromatic N) is 1. The summed E-state index contributed by atoms with van der Waals surface area (Å²) in [6.07, 6.45) is 2.27. The van der Waals surface area contributed by atoms with Gasteiger partial charge in [0, 0.05) is 21.8 Å². The second-order valence-electron chi connectivity index (χ2n) is 7.73. The van der Waals surface area contributed by atoms with Crippen molar-refractivity contribution in [2.24, 2.45) is 0 Å². The standard InChI is InChI=1S/C25H25NO2/c27-25-23(15-8-16-24(25)28-17-18-9-2-1-3-10-18)26-21-13-6-4-11-19(21)20-12-5-7-14-22(20)26/h1-7,9-14,23-25,27H,8,15-17H2/t23-,24-,25-/m1/s1. The number of aromatic nitrogens is 1. The monoisotopic (exact) mass is 371 g/mol. The van der Waals surface area contributed by atoms with E-state index in [1.54, 1.807) is 0 Å². The Bertz CT molecular complexity index is 1030. The molecule has 0 radical (unpaired) electrons. The van der Waals surface area contributed by atoms with Crippen molar-refractivity contribution in [1.82, 2.24) is 4.57 Å². The molecular formula is C25H25NO2. The highest BCUT2D eigenvalue weighted by molar-refractivity contribution is 6.08. The van der Waals surface area contributed by atoms with Gasteiger partial charge in [-0.3, -0.25) is 0 Å². The third kappa shape index (κ3) is 3.01. The minimum atomic E-state index is -0.517. The first-order chi connectivity index (χ1) is 13.8. The zero-order chi connectivity index (χ0) is 18.9. The van der Waals surface area contributed by atoms with E-state index in [0.29, 0.717) is 6.61 Å². The molecule has 4 aromatic rings. The van der Waals surface area contributed by atoms with Crippen molar-refractivity contribution >= 4 is 21.8 Å². The Labute approximate surface area is 165 Å². The van der Waals surface area contributed by atoms with E-state index >= 15 is 0 Å². The molecule has 1 aliphatic carbocycles. The van der Waals surface area contributed by atoms with Crippen molar-refractivity contribution in [2.45, 2.75) is 44.1 Å². The molecule has 0 saturated heterocycles. The summed E-state index contributed by atoms with van der Waals surface area (Å²) in [5.41, 5.74) is 3.53. The van der Waals surface area contributed by atoms with Gasteiger partial charge in [-0.15, -0.1) is 0 Å². The summed E-state index contributed by atoms with van der Waals surface area (Å²) in [5, 5.41) is 13.7. The van der Waals surface area contributed by atoms with Gasteiger partial charge in [0.15, 0.2) is 0 Å². The van der Waals surface area contributed by atoms with Crippen LogP contribution in [0, 0.1) is 0 Å². The first-order valence-electron chi connectivity index (χ1n) is 10.1. The number of hydrogen-bond acceptors (Lipinski definition) is 2. The van der Waals surface area contributed by atoms with Crippen LogP contribution >= 0.6 is 0 Å². The summed E-state index contributed by atoms with van der Waals surface area (Å²) >= 11 is 0. The van der Waals surface area contributed by atoms with Crippen molar-refractivity contribution < 1.29 is 9.84 Å². The smallest absolute Gasteiger partial charge is 0.101 e. The van der Waals surface area contributed by atoms with Gasteiger partial charge in [-0.25, -0.2) is 0 Å². The van der Waals surface area contributed by atoms with Crippen LogP contribution in [0.1, 0.15) is 30.9 Å². The second-order valence-corrected chi connectivity index (χ2v) is 7.73. The molecule has 1 N–H and O–H groups in total. The minimum Gasteiger partial charge on any atom is -0.388 e. The molecular weight excluding hydrogens is 346 g/mol. The van der Waals surface area contributed by atoms with Gasteiger partial charge >= 0.3 is 0 Å².